The lowest BCUT2D eigenvalue weighted by Gasteiger charge is -2.05. The molecule has 0 aromatic heterocycles. The van der Waals surface area contributed by atoms with Gasteiger partial charge in [0.15, 0.2) is 0 Å². The fourth-order valence-corrected chi connectivity index (χ4v) is 1.70. The molecular weight excluding hydrogens is 276 g/mol. The predicted octanol–water partition coefficient (Wildman–Crippen LogP) is 3.63. The molecule has 0 bridgehead atoms. The van der Waals surface area contributed by atoms with Crippen molar-refractivity contribution < 1.29 is 18.3 Å². The fraction of sp³-hybridized carbons (Fsp3) is 0.0625. The van der Waals surface area contributed by atoms with E-state index in [2.05, 4.69) is 5.32 Å². The molecule has 0 aliphatic rings. The van der Waals surface area contributed by atoms with Crippen LogP contribution in [0.1, 0.15) is 5.56 Å². The Balaban J connectivity index is 2.09. The second-order valence-electron chi connectivity index (χ2n) is 4.20. The van der Waals surface area contributed by atoms with Gasteiger partial charge in [0.05, 0.1) is 7.11 Å². The lowest BCUT2D eigenvalue weighted by molar-refractivity contribution is -0.111. The Hall–Kier alpha value is -2.69. The molecule has 0 fully saturated rings. The Labute approximate surface area is 120 Å². The highest BCUT2D eigenvalue weighted by Crippen LogP contribution is 2.18. The number of amides is 1. The van der Waals surface area contributed by atoms with Crippen molar-refractivity contribution in [3.05, 3.63) is 65.7 Å². The second kappa shape index (κ2) is 6.65. The summed E-state index contributed by atoms with van der Waals surface area (Å²) in [6, 6.07) is 10.4. The maximum Gasteiger partial charge on any atom is 0.248 e. The number of rotatable bonds is 4. The van der Waals surface area contributed by atoms with E-state index in [4.69, 9.17) is 4.74 Å². The molecule has 0 saturated carbocycles. The topological polar surface area (TPSA) is 38.3 Å². The van der Waals surface area contributed by atoms with Crippen molar-refractivity contribution >= 4 is 17.7 Å². The summed E-state index contributed by atoms with van der Waals surface area (Å²) < 4.78 is 31.8. The van der Waals surface area contributed by atoms with Gasteiger partial charge in [0.25, 0.3) is 0 Å². The van der Waals surface area contributed by atoms with Crippen molar-refractivity contribution in [3.63, 3.8) is 0 Å². The molecule has 0 unspecified atom stereocenters. The molecule has 5 heteroatoms. The number of anilines is 1. The summed E-state index contributed by atoms with van der Waals surface area (Å²) >= 11 is 0. The van der Waals surface area contributed by atoms with E-state index in [1.165, 1.54) is 25.3 Å². The Morgan fingerprint density at radius 2 is 1.81 bits per heavy atom. The van der Waals surface area contributed by atoms with Crippen LogP contribution in [0.5, 0.6) is 5.75 Å². The normalized spacial score (nSPS) is 10.6. The van der Waals surface area contributed by atoms with Gasteiger partial charge in [-0.3, -0.25) is 4.79 Å². The van der Waals surface area contributed by atoms with E-state index in [0.29, 0.717) is 5.75 Å². The summed E-state index contributed by atoms with van der Waals surface area (Å²) in [6.45, 7) is 0. The third-order valence-electron chi connectivity index (χ3n) is 2.73. The summed E-state index contributed by atoms with van der Waals surface area (Å²) in [4.78, 5) is 11.7. The highest BCUT2D eigenvalue weighted by atomic mass is 19.1. The SMILES string of the molecule is COc1cccc(/C=C/C(=O)Nc2c(F)cccc2F)c1. The van der Waals surface area contributed by atoms with E-state index in [1.807, 2.05) is 0 Å². The van der Waals surface area contributed by atoms with Crippen molar-refractivity contribution in [3.8, 4) is 5.75 Å². The molecule has 0 heterocycles. The third-order valence-corrected chi connectivity index (χ3v) is 2.73. The van der Waals surface area contributed by atoms with E-state index in [0.717, 1.165) is 17.7 Å². The van der Waals surface area contributed by atoms with Gasteiger partial charge in [-0.05, 0) is 35.9 Å². The molecule has 0 saturated heterocycles. The average molecular weight is 289 g/mol. The Morgan fingerprint density at radius 1 is 1.14 bits per heavy atom. The van der Waals surface area contributed by atoms with Crippen LogP contribution >= 0.6 is 0 Å². The summed E-state index contributed by atoms with van der Waals surface area (Å²) in [5.74, 6) is -1.62. The number of halogens is 2. The molecule has 3 nitrogen and oxygen atoms in total. The van der Waals surface area contributed by atoms with Gasteiger partial charge in [-0.1, -0.05) is 18.2 Å². The highest BCUT2D eigenvalue weighted by molar-refractivity contribution is 6.02. The van der Waals surface area contributed by atoms with Gasteiger partial charge in [-0.25, -0.2) is 8.78 Å². The van der Waals surface area contributed by atoms with Crippen LogP contribution in [-0.2, 0) is 4.79 Å². The van der Waals surface area contributed by atoms with Crippen LogP contribution in [0.15, 0.2) is 48.5 Å². The molecule has 1 amide bonds. The number of hydrogen-bond donors (Lipinski definition) is 1. The van der Waals surface area contributed by atoms with Crippen molar-refractivity contribution in [1.29, 1.82) is 0 Å². The van der Waals surface area contributed by atoms with E-state index in [1.54, 1.807) is 24.3 Å². The smallest absolute Gasteiger partial charge is 0.248 e. The van der Waals surface area contributed by atoms with Crippen molar-refractivity contribution in [1.82, 2.24) is 0 Å². The Kier molecular flexibility index (Phi) is 4.66. The zero-order chi connectivity index (χ0) is 15.2. The molecule has 0 atom stereocenters. The zero-order valence-electron chi connectivity index (χ0n) is 11.3. The van der Waals surface area contributed by atoms with Crippen LogP contribution in [0, 0.1) is 11.6 Å². The number of nitrogens with one attached hydrogen (secondary N) is 1. The molecule has 2 aromatic carbocycles. The van der Waals surface area contributed by atoms with Gasteiger partial charge in [0.1, 0.15) is 23.1 Å². The number of ether oxygens (including phenoxy) is 1. The van der Waals surface area contributed by atoms with Crippen molar-refractivity contribution in [2.75, 3.05) is 12.4 Å². The van der Waals surface area contributed by atoms with Crippen LogP contribution in [0.25, 0.3) is 6.08 Å². The lowest BCUT2D eigenvalue weighted by atomic mass is 10.2. The molecule has 0 aliphatic heterocycles. The molecule has 0 spiro atoms. The molecule has 21 heavy (non-hydrogen) atoms. The van der Waals surface area contributed by atoms with Gasteiger partial charge in [0, 0.05) is 6.08 Å². The first-order chi connectivity index (χ1) is 10.1. The summed E-state index contributed by atoms with van der Waals surface area (Å²) in [7, 11) is 1.54. The van der Waals surface area contributed by atoms with Crippen molar-refractivity contribution in [2.45, 2.75) is 0 Å². The fourth-order valence-electron chi connectivity index (χ4n) is 1.70. The minimum Gasteiger partial charge on any atom is -0.497 e. The minimum absolute atomic E-state index is 0.460. The van der Waals surface area contributed by atoms with Gasteiger partial charge in [-0.2, -0.15) is 0 Å². The average Bonchev–Trinajstić information content (AvgIpc) is 2.49. The van der Waals surface area contributed by atoms with Crippen LogP contribution in [0.4, 0.5) is 14.5 Å². The summed E-state index contributed by atoms with van der Waals surface area (Å²) in [5.41, 5.74) is 0.274. The summed E-state index contributed by atoms with van der Waals surface area (Å²) in [5, 5.41) is 2.17. The number of para-hydroxylation sites is 1. The molecule has 0 radical (unpaired) electrons. The van der Waals surface area contributed by atoms with Gasteiger partial charge < -0.3 is 10.1 Å². The van der Waals surface area contributed by atoms with E-state index in [9.17, 15) is 13.6 Å². The number of carbonyl (C=O) groups excluding carboxylic acids is 1. The van der Waals surface area contributed by atoms with E-state index in [-0.39, 0.29) is 0 Å². The van der Waals surface area contributed by atoms with Gasteiger partial charge in [0.2, 0.25) is 5.91 Å². The predicted molar refractivity (Wildman–Crippen MR) is 77.0 cm³/mol. The molecule has 1 N–H and O–H groups in total. The van der Waals surface area contributed by atoms with Crippen molar-refractivity contribution in [2.24, 2.45) is 0 Å². The lowest BCUT2D eigenvalue weighted by Crippen LogP contribution is -2.10. The molecule has 2 aromatic rings. The quantitative estimate of drug-likeness (QED) is 0.873. The van der Waals surface area contributed by atoms with Gasteiger partial charge >= 0.3 is 0 Å². The first kappa shape index (κ1) is 14.7. The Bertz CT molecular complexity index is 663. The number of carbonyl (C=O) groups is 1. The minimum atomic E-state index is -0.821. The highest BCUT2D eigenvalue weighted by Gasteiger charge is 2.09. The summed E-state index contributed by atoms with van der Waals surface area (Å²) in [6.07, 6.45) is 2.72. The standard InChI is InChI=1S/C16H13F2NO2/c1-21-12-5-2-4-11(10-12)8-9-15(20)19-16-13(17)6-3-7-14(16)18/h2-10H,1H3,(H,19,20)/b9-8+. The number of methoxy groups -OCH3 is 1. The molecular formula is C16H13F2NO2. The monoisotopic (exact) mass is 289 g/mol. The second-order valence-corrected chi connectivity index (χ2v) is 4.20. The largest absolute Gasteiger partial charge is 0.497 e. The zero-order valence-corrected chi connectivity index (χ0v) is 11.3. The molecule has 2 rings (SSSR count). The van der Waals surface area contributed by atoms with Crippen LogP contribution in [0.3, 0.4) is 0 Å². The van der Waals surface area contributed by atoms with Gasteiger partial charge in [-0.15, -0.1) is 0 Å². The van der Waals surface area contributed by atoms with Crippen LogP contribution in [-0.4, -0.2) is 13.0 Å². The number of benzene rings is 2. The number of hydrogen-bond acceptors (Lipinski definition) is 2. The first-order valence-corrected chi connectivity index (χ1v) is 6.17. The van der Waals surface area contributed by atoms with E-state index < -0.39 is 23.2 Å². The Morgan fingerprint density at radius 3 is 2.48 bits per heavy atom. The molecule has 0 aliphatic carbocycles. The maximum atomic E-state index is 13.4. The maximum absolute atomic E-state index is 13.4. The first-order valence-electron chi connectivity index (χ1n) is 6.17. The van der Waals surface area contributed by atoms with Crippen LogP contribution < -0.4 is 10.1 Å². The molecule has 108 valence electrons. The van der Waals surface area contributed by atoms with E-state index >= 15 is 0 Å². The van der Waals surface area contributed by atoms with Crippen LogP contribution in [0.2, 0.25) is 0 Å². The third kappa shape index (κ3) is 3.89.